The molecule has 2 aromatic rings. The third kappa shape index (κ3) is 1.53. The number of halogens is 1. The topological polar surface area (TPSA) is 37.9 Å². The second-order valence-electron chi connectivity index (χ2n) is 2.78. The molecule has 0 fully saturated rings. The zero-order valence-corrected chi connectivity index (χ0v) is 9.21. The van der Waals surface area contributed by atoms with Gasteiger partial charge >= 0.3 is 0 Å². The van der Waals surface area contributed by atoms with Crippen molar-refractivity contribution in [3.8, 4) is 17.0 Å². The molecule has 4 heteroatoms. The molecule has 0 aliphatic carbocycles. The predicted molar refractivity (Wildman–Crippen MR) is 58.3 cm³/mol. The van der Waals surface area contributed by atoms with Crippen LogP contribution in [0, 0.1) is 0 Å². The molecule has 0 unspecified atom stereocenters. The van der Waals surface area contributed by atoms with Crippen molar-refractivity contribution in [3.63, 3.8) is 0 Å². The quantitative estimate of drug-likeness (QED) is 0.893. The van der Waals surface area contributed by atoms with Crippen molar-refractivity contribution in [1.82, 2.24) is 9.97 Å². The number of hydrogen-bond acceptors (Lipinski definition) is 2. The maximum absolute atomic E-state index is 5.27. The van der Waals surface area contributed by atoms with Crippen molar-refractivity contribution in [1.29, 1.82) is 0 Å². The minimum atomic E-state index is 0.823. The van der Waals surface area contributed by atoms with Gasteiger partial charge in [-0.1, -0.05) is 6.07 Å². The van der Waals surface area contributed by atoms with E-state index in [1.54, 1.807) is 19.6 Å². The van der Waals surface area contributed by atoms with E-state index in [0.29, 0.717) is 0 Å². The summed E-state index contributed by atoms with van der Waals surface area (Å²) in [6.07, 6.45) is 3.41. The molecule has 72 valence electrons. The number of ether oxygens (including phenoxy) is 1. The van der Waals surface area contributed by atoms with Crippen molar-refractivity contribution in [2.45, 2.75) is 0 Å². The number of aromatic amines is 1. The van der Waals surface area contributed by atoms with Gasteiger partial charge in [-0.3, -0.25) is 0 Å². The SMILES string of the molecule is COc1cccc(Br)c1-c1cnc[nH]1. The Morgan fingerprint density at radius 1 is 1.43 bits per heavy atom. The molecule has 1 aromatic carbocycles. The van der Waals surface area contributed by atoms with Gasteiger partial charge < -0.3 is 9.72 Å². The van der Waals surface area contributed by atoms with E-state index in [2.05, 4.69) is 25.9 Å². The van der Waals surface area contributed by atoms with Gasteiger partial charge in [-0.15, -0.1) is 0 Å². The monoisotopic (exact) mass is 252 g/mol. The Morgan fingerprint density at radius 3 is 2.93 bits per heavy atom. The first-order chi connectivity index (χ1) is 6.83. The zero-order valence-electron chi connectivity index (χ0n) is 7.62. The number of aromatic nitrogens is 2. The zero-order chi connectivity index (χ0) is 9.97. The predicted octanol–water partition coefficient (Wildman–Crippen LogP) is 2.85. The van der Waals surface area contributed by atoms with E-state index in [0.717, 1.165) is 21.5 Å². The van der Waals surface area contributed by atoms with E-state index in [9.17, 15) is 0 Å². The number of H-pyrrole nitrogens is 1. The molecule has 0 bridgehead atoms. The Morgan fingerprint density at radius 2 is 2.29 bits per heavy atom. The van der Waals surface area contributed by atoms with Crippen LogP contribution in [-0.4, -0.2) is 17.1 Å². The summed E-state index contributed by atoms with van der Waals surface area (Å²) < 4.78 is 6.26. The van der Waals surface area contributed by atoms with E-state index in [4.69, 9.17) is 4.74 Å². The van der Waals surface area contributed by atoms with Gasteiger partial charge in [0.1, 0.15) is 5.75 Å². The van der Waals surface area contributed by atoms with Crippen LogP contribution in [0.5, 0.6) is 5.75 Å². The maximum Gasteiger partial charge on any atom is 0.129 e. The molecule has 2 rings (SSSR count). The van der Waals surface area contributed by atoms with Gasteiger partial charge in [0, 0.05) is 4.47 Å². The molecule has 0 radical (unpaired) electrons. The van der Waals surface area contributed by atoms with Crippen molar-refractivity contribution >= 4 is 15.9 Å². The van der Waals surface area contributed by atoms with E-state index in [1.807, 2.05) is 18.2 Å². The van der Waals surface area contributed by atoms with Crippen LogP contribution in [0.2, 0.25) is 0 Å². The molecule has 3 nitrogen and oxygen atoms in total. The fourth-order valence-electron chi connectivity index (χ4n) is 1.33. The van der Waals surface area contributed by atoms with Gasteiger partial charge in [0.05, 0.1) is 30.9 Å². The first-order valence-corrected chi connectivity index (χ1v) is 4.93. The Hall–Kier alpha value is -1.29. The minimum absolute atomic E-state index is 0.823. The van der Waals surface area contributed by atoms with Crippen LogP contribution in [0.3, 0.4) is 0 Å². The fourth-order valence-corrected chi connectivity index (χ4v) is 1.89. The van der Waals surface area contributed by atoms with Crippen LogP contribution in [0.4, 0.5) is 0 Å². The summed E-state index contributed by atoms with van der Waals surface area (Å²) in [6.45, 7) is 0. The van der Waals surface area contributed by atoms with Crippen LogP contribution in [-0.2, 0) is 0 Å². The number of methoxy groups -OCH3 is 1. The highest BCUT2D eigenvalue weighted by atomic mass is 79.9. The van der Waals surface area contributed by atoms with Crippen LogP contribution in [0.1, 0.15) is 0 Å². The standard InChI is InChI=1S/C10H9BrN2O/c1-14-9-4-2-3-7(11)10(9)8-5-12-6-13-8/h2-6H,1H3,(H,12,13). The van der Waals surface area contributed by atoms with Gasteiger partial charge in [-0.25, -0.2) is 4.98 Å². The maximum atomic E-state index is 5.27. The third-order valence-electron chi connectivity index (χ3n) is 1.96. The summed E-state index contributed by atoms with van der Waals surface area (Å²) in [5.74, 6) is 0.823. The van der Waals surface area contributed by atoms with Gasteiger partial charge in [-0.05, 0) is 28.1 Å². The Balaban J connectivity index is 2.61. The smallest absolute Gasteiger partial charge is 0.129 e. The molecular weight excluding hydrogens is 244 g/mol. The molecular formula is C10H9BrN2O. The number of hydrogen-bond donors (Lipinski definition) is 1. The first-order valence-electron chi connectivity index (χ1n) is 4.14. The molecule has 0 amide bonds. The molecule has 1 aromatic heterocycles. The van der Waals surface area contributed by atoms with Gasteiger partial charge in [0.2, 0.25) is 0 Å². The highest BCUT2D eigenvalue weighted by Gasteiger charge is 2.10. The van der Waals surface area contributed by atoms with Crippen molar-refractivity contribution in [2.75, 3.05) is 7.11 Å². The van der Waals surface area contributed by atoms with Gasteiger partial charge in [0.25, 0.3) is 0 Å². The van der Waals surface area contributed by atoms with E-state index < -0.39 is 0 Å². The Bertz CT molecular complexity index is 426. The average molecular weight is 253 g/mol. The highest BCUT2D eigenvalue weighted by Crippen LogP contribution is 2.34. The molecule has 1 N–H and O–H groups in total. The third-order valence-corrected chi connectivity index (χ3v) is 2.62. The second kappa shape index (κ2) is 3.84. The summed E-state index contributed by atoms with van der Waals surface area (Å²) in [7, 11) is 1.65. The summed E-state index contributed by atoms with van der Waals surface area (Å²) in [5, 5.41) is 0. The lowest BCUT2D eigenvalue weighted by Crippen LogP contribution is -1.88. The van der Waals surface area contributed by atoms with Gasteiger partial charge in [-0.2, -0.15) is 0 Å². The summed E-state index contributed by atoms with van der Waals surface area (Å²) in [6, 6.07) is 5.82. The molecule has 0 saturated carbocycles. The lowest BCUT2D eigenvalue weighted by atomic mass is 10.1. The van der Waals surface area contributed by atoms with Crippen LogP contribution >= 0.6 is 15.9 Å². The van der Waals surface area contributed by atoms with Crippen LogP contribution in [0.15, 0.2) is 35.2 Å². The van der Waals surface area contributed by atoms with Crippen molar-refractivity contribution in [3.05, 3.63) is 35.2 Å². The van der Waals surface area contributed by atoms with Crippen LogP contribution in [0.25, 0.3) is 11.3 Å². The van der Waals surface area contributed by atoms with Crippen molar-refractivity contribution < 1.29 is 4.74 Å². The molecule has 0 atom stereocenters. The second-order valence-corrected chi connectivity index (χ2v) is 3.64. The van der Waals surface area contributed by atoms with Crippen LogP contribution < -0.4 is 4.74 Å². The Kier molecular flexibility index (Phi) is 2.54. The van der Waals surface area contributed by atoms with E-state index in [1.165, 1.54) is 0 Å². The molecule has 0 spiro atoms. The van der Waals surface area contributed by atoms with E-state index in [-0.39, 0.29) is 0 Å². The largest absolute Gasteiger partial charge is 0.496 e. The van der Waals surface area contributed by atoms with Gasteiger partial charge in [0.15, 0.2) is 0 Å². The molecule has 0 aliphatic heterocycles. The lowest BCUT2D eigenvalue weighted by Gasteiger charge is -2.07. The Labute approximate surface area is 90.3 Å². The summed E-state index contributed by atoms with van der Waals surface area (Å²) >= 11 is 3.48. The number of nitrogens with one attached hydrogen (secondary N) is 1. The molecule has 0 aliphatic rings. The lowest BCUT2D eigenvalue weighted by molar-refractivity contribution is 0.416. The van der Waals surface area contributed by atoms with E-state index >= 15 is 0 Å². The minimum Gasteiger partial charge on any atom is -0.496 e. The number of rotatable bonds is 2. The summed E-state index contributed by atoms with van der Waals surface area (Å²) in [4.78, 5) is 7.03. The normalized spacial score (nSPS) is 10.1. The highest BCUT2D eigenvalue weighted by molar-refractivity contribution is 9.10. The van der Waals surface area contributed by atoms with Crippen molar-refractivity contribution in [2.24, 2.45) is 0 Å². The number of benzene rings is 1. The first kappa shape index (κ1) is 9.27. The number of imidazole rings is 1. The molecule has 14 heavy (non-hydrogen) atoms. The average Bonchev–Trinajstić information content (AvgIpc) is 2.70. The summed E-state index contributed by atoms with van der Waals surface area (Å²) in [5.41, 5.74) is 1.93. The number of nitrogens with zero attached hydrogens (tertiary/aromatic N) is 1. The molecule has 0 saturated heterocycles. The molecule has 1 heterocycles. The fraction of sp³-hybridized carbons (Fsp3) is 0.100.